The molecule has 0 aromatic rings. The molecule has 1 aliphatic rings. The van der Waals surface area contributed by atoms with E-state index in [4.69, 9.17) is 4.74 Å². The Balaban J connectivity index is 2.43. The van der Waals surface area contributed by atoms with Gasteiger partial charge in [-0.3, -0.25) is 0 Å². The molecule has 2 amide bonds. The van der Waals surface area contributed by atoms with Crippen molar-refractivity contribution in [3.8, 4) is 0 Å². The number of hydrogen-bond donors (Lipinski definition) is 0. The fourth-order valence-corrected chi connectivity index (χ4v) is 2.33. The predicted octanol–water partition coefficient (Wildman–Crippen LogP) is 2.05. The molecule has 0 aromatic heterocycles. The average molecular weight is 242 g/mol. The number of amides is 2. The second-order valence-electron chi connectivity index (χ2n) is 5.60. The molecular formula is C13H26N2O2. The molecule has 0 radical (unpaired) electrons. The summed E-state index contributed by atoms with van der Waals surface area (Å²) in [6.07, 6.45) is 0.267. The van der Waals surface area contributed by atoms with Crippen LogP contribution in [0.3, 0.4) is 0 Å². The van der Waals surface area contributed by atoms with Gasteiger partial charge in [-0.05, 0) is 19.8 Å². The summed E-state index contributed by atoms with van der Waals surface area (Å²) in [6, 6.07) is 0.389. The first-order chi connectivity index (χ1) is 7.88. The monoisotopic (exact) mass is 242 g/mol. The van der Waals surface area contributed by atoms with Gasteiger partial charge in [-0.2, -0.15) is 0 Å². The van der Waals surface area contributed by atoms with Gasteiger partial charge in [-0.1, -0.05) is 13.8 Å². The second-order valence-corrected chi connectivity index (χ2v) is 5.60. The fourth-order valence-electron chi connectivity index (χ4n) is 2.33. The lowest BCUT2D eigenvalue weighted by Gasteiger charge is -2.45. The van der Waals surface area contributed by atoms with Gasteiger partial charge < -0.3 is 14.5 Å². The van der Waals surface area contributed by atoms with Gasteiger partial charge in [-0.25, -0.2) is 4.79 Å². The van der Waals surface area contributed by atoms with Gasteiger partial charge in [0.1, 0.15) is 0 Å². The first-order valence-electron chi connectivity index (χ1n) is 6.43. The van der Waals surface area contributed by atoms with Crippen molar-refractivity contribution < 1.29 is 9.53 Å². The first kappa shape index (κ1) is 14.3. The van der Waals surface area contributed by atoms with E-state index < -0.39 is 0 Å². The number of ether oxygens (including phenoxy) is 1. The number of rotatable bonds is 4. The van der Waals surface area contributed by atoms with Gasteiger partial charge in [0, 0.05) is 39.2 Å². The van der Waals surface area contributed by atoms with Crippen LogP contribution in [0.15, 0.2) is 0 Å². The molecule has 17 heavy (non-hydrogen) atoms. The minimum absolute atomic E-state index is 0.134. The van der Waals surface area contributed by atoms with Gasteiger partial charge in [0.05, 0.1) is 6.10 Å². The number of urea groups is 1. The first-order valence-corrected chi connectivity index (χ1v) is 6.43. The van der Waals surface area contributed by atoms with Crippen LogP contribution in [0.25, 0.3) is 0 Å². The Bertz CT molecular complexity index is 260. The lowest BCUT2D eigenvalue weighted by Crippen LogP contribution is -2.59. The molecule has 0 aromatic carbocycles. The average Bonchev–Trinajstić information content (AvgIpc) is 2.19. The highest BCUT2D eigenvalue weighted by atomic mass is 16.5. The van der Waals surface area contributed by atoms with E-state index in [2.05, 4.69) is 13.8 Å². The molecule has 0 spiro atoms. The van der Waals surface area contributed by atoms with Crippen molar-refractivity contribution in [2.75, 3.05) is 27.2 Å². The Morgan fingerprint density at radius 3 is 2.18 bits per heavy atom. The van der Waals surface area contributed by atoms with Crippen LogP contribution >= 0.6 is 0 Å². The molecule has 4 nitrogen and oxygen atoms in total. The third-order valence-electron chi connectivity index (χ3n) is 3.65. The van der Waals surface area contributed by atoms with Crippen LogP contribution in [0.4, 0.5) is 4.79 Å². The van der Waals surface area contributed by atoms with Crippen LogP contribution < -0.4 is 0 Å². The van der Waals surface area contributed by atoms with E-state index in [-0.39, 0.29) is 18.2 Å². The third kappa shape index (κ3) is 3.12. The molecule has 0 aliphatic carbocycles. The molecule has 1 heterocycles. The molecule has 4 heteroatoms. The van der Waals surface area contributed by atoms with Crippen LogP contribution in [0.5, 0.6) is 0 Å². The Hall–Kier alpha value is -0.770. The van der Waals surface area contributed by atoms with Gasteiger partial charge in [-0.15, -0.1) is 0 Å². The molecule has 1 rings (SSSR count). The smallest absolute Gasteiger partial charge is 0.319 e. The molecule has 100 valence electrons. The summed E-state index contributed by atoms with van der Waals surface area (Å²) in [5, 5.41) is 0. The minimum Gasteiger partial charge on any atom is -0.381 e. The maximum Gasteiger partial charge on any atom is 0.319 e. The maximum absolute atomic E-state index is 12.0. The highest BCUT2D eigenvalue weighted by Gasteiger charge is 2.38. The highest BCUT2D eigenvalue weighted by molar-refractivity contribution is 5.75. The van der Waals surface area contributed by atoms with E-state index in [9.17, 15) is 4.79 Å². The topological polar surface area (TPSA) is 32.8 Å². The molecule has 0 bridgehead atoms. The largest absolute Gasteiger partial charge is 0.381 e. The lowest BCUT2D eigenvalue weighted by atomic mass is 9.87. The zero-order valence-corrected chi connectivity index (χ0v) is 11.9. The standard InChI is InChI=1S/C13H26N2O2/c1-9(2)12(17-6)11-7-15(8-11)13(16)14(5)10(3)4/h9-12H,7-8H2,1-6H3. The summed E-state index contributed by atoms with van der Waals surface area (Å²) in [6.45, 7) is 10.0. The summed E-state index contributed by atoms with van der Waals surface area (Å²) in [4.78, 5) is 15.7. The molecule has 1 atom stereocenters. The Labute approximate surface area is 105 Å². The van der Waals surface area contributed by atoms with Gasteiger partial charge >= 0.3 is 6.03 Å². The minimum atomic E-state index is 0.134. The van der Waals surface area contributed by atoms with Gasteiger partial charge in [0.2, 0.25) is 0 Å². The SMILES string of the molecule is COC(C(C)C)C1CN(C(=O)N(C)C(C)C)C1. The van der Waals surface area contributed by atoms with Crippen molar-refractivity contribution in [3.05, 3.63) is 0 Å². The second kappa shape index (κ2) is 5.71. The maximum atomic E-state index is 12.0. The zero-order chi connectivity index (χ0) is 13.2. The van der Waals surface area contributed by atoms with Crippen LogP contribution in [-0.2, 0) is 4.74 Å². The van der Waals surface area contributed by atoms with Crippen molar-refractivity contribution in [3.63, 3.8) is 0 Å². The van der Waals surface area contributed by atoms with Gasteiger partial charge in [0.15, 0.2) is 0 Å². The van der Waals surface area contributed by atoms with Crippen LogP contribution in [0.2, 0.25) is 0 Å². The summed E-state index contributed by atoms with van der Waals surface area (Å²) in [5.74, 6) is 0.995. The van der Waals surface area contributed by atoms with Crippen molar-refractivity contribution in [2.45, 2.75) is 39.8 Å². The van der Waals surface area contributed by atoms with Crippen molar-refractivity contribution in [1.29, 1.82) is 0 Å². The fraction of sp³-hybridized carbons (Fsp3) is 0.923. The summed E-state index contributed by atoms with van der Waals surface area (Å²) >= 11 is 0. The number of likely N-dealkylation sites (tertiary alicyclic amines) is 1. The van der Waals surface area contributed by atoms with Crippen LogP contribution in [-0.4, -0.2) is 55.2 Å². The number of hydrogen-bond acceptors (Lipinski definition) is 2. The lowest BCUT2D eigenvalue weighted by molar-refractivity contribution is -0.0407. The van der Waals surface area contributed by atoms with Crippen LogP contribution in [0.1, 0.15) is 27.7 Å². The zero-order valence-electron chi connectivity index (χ0n) is 11.9. The highest BCUT2D eigenvalue weighted by Crippen LogP contribution is 2.26. The summed E-state index contributed by atoms with van der Waals surface area (Å²) in [5.41, 5.74) is 0. The molecule has 0 saturated carbocycles. The number of carbonyl (C=O) groups is 1. The molecule has 1 saturated heterocycles. The molecule has 1 aliphatic heterocycles. The third-order valence-corrected chi connectivity index (χ3v) is 3.65. The number of carbonyl (C=O) groups excluding carboxylic acids is 1. The molecule has 0 N–H and O–H groups in total. The van der Waals surface area contributed by atoms with Crippen molar-refractivity contribution >= 4 is 6.03 Å². The van der Waals surface area contributed by atoms with E-state index in [0.29, 0.717) is 11.8 Å². The Morgan fingerprint density at radius 2 is 1.82 bits per heavy atom. The van der Waals surface area contributed by atoms with Crippen LogP contribution in [0, 0.1) is 11.8 Å². The van der Waals surface area contributed by atoms with Crippen molar-refractivity contribution in [2.24, 2.45) is 11.8 Å². The molecule has 1 fully saturated rings. The number of nitrogens with zero attached hydrogens (tertiary/aromatic N) is 2. The molecule has 1 unspecified atom stereocenters. The Morgan fingerprint density at radius 1 is 1.29 bits per heavy atom. The normalized spacial score (nSPS) is 18.5. The molecular weight excluding hydrogens is 216 g/mol. The summed E-state index contributed by atoms with van der Waals surface area (Å²) < 4.78 is 5.50. The van der Waals surface area contributed by atoms with E-state index in [1.54, 1.807) is 12.0 Å². The van der Waals surface area contributed by atoms with Crippen molar-refractivity contribution in [1.82, 2.24) is 9.80 Å². The van der Waals surface area contributed by atoms with E-state index in [1.807, 2.05) is 25.8 Å². The summed E-state index contributed by atoms with van der Waals surface area (Å²) in [7, 11) is 3.62. The van der Waals surface area contributed by atoms with E-state index in [0.717, 1.165) is 13.1 Å². The van der Waals surface area contributed by atoms with E-state index in [1.165, 1.54) is 0 Å². The quantitative estimate of drug-likeness (QED) is 0.756. The Kier molecular flexibility index (Phi) is 4.80. The van der Waals surface area contributed by atoms with Gasteiger partial charge in [0.25, 0.3) is 0 Å². The van der Waals surface area contributed by atoms with E-state index >= 15 is 0 Å². The predicted molar refractivity (Wildman–Crippen MR) is 69.0 cm³/mol. The number of methoxy groups -OCH3 is 1.